The van der Waals surface area contributed by atoms with Gasteiger partial charge < -0.3 is 19.5 Å². The Bertz CT molecular complexity index is 1180. The van der Waals surface area contributed by atoms with E-state index >= 15 is 0 Å². The predicted molar refractivity (Wildman–Crippen MR) is 128 cm³/mol. The van der Waals surface area contributed by atoms with E-state index < -0.39 is 5.97 Å². The first-order valence-corrected chi connectivity index (χ1v) is 10.4. The molecule has 6 nitrogen and oxygen atoms in total. The van der Waals surface area contributed by atoms with Crippen molar-refractivity contribution < 1.29 is 24.2 Å². The second-order valence-corrected chi connectivity index (χ2v) is 7.68. The van der Waals surface area contributed by atoms with E-state index in [0.29, 0.717) is 17.9 Å². The quantitative estimate of drug-likeness (QED) is 0.389. The van der Waals surface area contributed by atoms with Crippen molar-refractivity contribution in [3.05, 3.63) is 94.7 Å². The summed E-state index contributed by atoms with van der Waals surface area (Å²) in [7, 11) is 4.71. The number of hydrogen-bond donors (Lipinski definition) is 1. The van der Waals surface area contributed by atoms with Crippen molar-refractivity contribution >= 4 is 18.0 Å². The average Bonchev–Trinajstić information content (AvgIpc) is 2.82. The van der Waals surface area contributed by atoms with Crippen LogP contribution in [0, 0.1) is 6.92 Å². The third kappa shape index (κ3) is 5.80. The number of nitrogens with zero attached hydrogens (tertiary/aromatic N) is 1. The van der Waals surface area contributed by atoms with Crippen molar-refractivity contribution in [1.82, 2.24) is 4.90 Å². The van der Waals surface area contributed by atoms with Crippen LogP contribution < -0.4 is 4.74 Å². The molecule has 33 heavy (non-hydrogen) atoms. The van der Waals surface area contributed by atoms with Gasteiger partial charge in [0.15, 0.2) is 0 Å². The normalized spacial score (nSPS) is 11.1. The number of hydrogen-bond acceptors (Lipinski definition) is 4. The molecule has 0 unspecified atom stereocenters. The summed E-state index contributed by atoms with van der Waals surface area (Å²) in [6, 6.07) is 20.8. The molecule has 1 amide bonds. The van der Waals surface area contributed by atoms with Crippen LogP contribution >= 0.6 is 0 Å². The Kier molecular flexibility index (Phi) is 7.51. The molecule has 3 aromatic rings. The van der Waals surface area contributed by atoms with Crippen molar-refractivity contribution in [2.45, 2.75) is 13.5 Å². The first-order valence-electron chi connectivity index (χ1n) is 10.4. The van der Waals surface area contributed by atoms with Gasteiger partial charge >= 0.3 is 5.97 Å². The molecule has 1 N–H and O–H groups in total. The van der Waals surface area contributed by atoms with E-state index in [9.17, 15) is 9.59 Å². The number of aliphatic carboxylic acids is 1. The number of rotatable bonds is 8. The Morgan fingerprint density at radius 2 is 1.73 bits per heavy atom. The van der Waals surface area contributed by atoms with Gasteiger partial charge in [-0.25, -0.2) is 4.79 Å². The minimum Gasteiger partial charge on any atom is -0.497 e. The molecule has 0 saturated heterocycles. The Balaban J connectivity index is 1.79. The van der Waals surface area contributed by atoms with Gasteiger partial charge in [0.05, 0.1) is 14.2 Å². The molecule has 0 fully saturated rings. The monoisotopic (exact) mass is 445 g/mol. The molecular formula is C27H27NO5. The van der Waals surface area contributed by atoms with Gasteiger partial charge in [-0.2, -0.15) is 0 Å². The molecule has 170 valence electrons. The zero-order valence-electron chi connectivity index (χ0n) is 19.2. The highest BCUT2D eigenvalue weighted by molar-refractivity contribution is 5.94. The van der Waals surface area contributed by atoms with E-state index in [4.69, 9.17) is 14.6 Å². The summed E-state index contributed by atoms with van der Waals surface area (Å²) in [5.41, 5.74) is 5.42. The van der Waals surface area contributed by atoms with Crippen LogP contribution in [-0.4, -0.2) is 43.2 Å². The van der Waals surface area contributed by atoms with Crippen molar-refractivity contribution in [3.8, 4) is 16.9 Å². The largest absolute Gasteiger partial charge is 0.497 e. The standard InChI is InChI=1S/C27H27NO5/c1-18-14-19(16-25(33-4)27(30)31)8-13-24(18)22-7-5-6-20(15-22)17-28(2)26(29)21-9-11-23(32-3)12-10-21/h5-16H,17H2,1-4H3,(H,30,31)/b25-16-. The summed E-state index contributed by atoms with van der Waals surface area (Å²) in [4.78, 5) is 25.6. The maximum atomic E-state index is 12.8. The fourth-order valence-corrected chi connectivity index (χ4v) is 3.60. The summed E-state index contributed by atoms with van der Waals surface area (Å²) in [6.07, 6.45) is 1.50. The summed E-state index contributed by atoms with van der Waals surface area (Å²) >= 11 is 0. The van der Waals surface area contributed by atoms with Gasteiger partial charge in [0.2, 0.25) is 5.76 Å². The first kappa shape index (κ1) is 23.6. The smallest absolute Gasteiger partial charge is 0.371 e. The molecule has 0 aromatic heterocycles. The van der Waals surface area contributed by atoms with Crippen LogP contribution in [0.15, 0.2) is 72.5 Å². The second-order valence-electron chi connectivity index (χ2n) is 7.68. The van der Waals surface area contributed by atoms with Gasteiger partial charge in [-0.05, 0) is 71.1 Å². The highest BCUT2D eigenvalue weighted by atomic mass is 16.5. The number of carbonyl (C=O) groups is 2. The molecule has 0 bridgehead atoms. The zero-order valence-corrected chi connectivity index (χ0v) is 19.2. The maximum absolute atomic E-state index is 12.8. The number of benzene rings is 3. The van der Waals surface area contributed by atoms with Gasteiger partial charge in [0.25, 0.3) is 5.91 Å². The maximum Gasteiger partial charge on any atom is 0.371 e. The highest BCUT2D eigenvalue weighted by Gasteiger charge is 2.13. The number of carbonyl (C=O) groups excluding carboxylic acids is 1. The molecule has 3 rings (SSSR count). The molecule has 0 aliphatic heterocycles. The number of carboxylic acid groups (broad SMARTS) is 1. The Labute approximate surface area is 193 Å². The van der Waals surface area contributed by atoms with E-state index in [0.717, 1.165) is 27.8 Å². The molecule has 0 radical (unpaired) electrons. The molecular weight excluding hydrogens is 418 g/mol. The van der Waals surface area contributed by atoms with Crippen molar-refractivity contribution in [3.63, 3.8) is 0 Å². The third-order valence-corrected chi connectivity index (χ3v) is 5.32. The topological polar surface area (TPSA) is 76.1 Å². The lowest BCUT2D eigenvalue weighted by Crippen LogP contribution is -2.26. The fourth-order valence-electron chi connectivity index (χ4n) is 3.60. The molecule has 0 aliphatic rings. The molecule has 0 saturated carbocycles. The van der Waals surface area contributed by atoms with Crippen LogP contribution in [0.1, 0.15) is 27.0 Å². The second kappa shape index (κ2) is 10.5. The lowest BCUT2D eigenvalue weighted by atomic mass is 9.96. The van der Waals surface area contributed by atoms with Gasteiger partial charge in [-0.1, -0.05) is 36.4 Å². The fraction of sp³-hybridized carbons (Fsp3) is 0.185. The summed E-state index contributed by atoms with van der Waals surface area (Å²) in [6.45, 7) is 2.44. The van der Waals surface area contributed by atoms with Gasteiger partial charge in [0, 0.05) is 19.2 Å². The van der Waals surface area contributed by atoms with E-state index in [1.807, 2.05) is 43.3 Å². The molecule has 0 aliphatic carbocycles. The minimum atomic E-state index is -1.11. The van der Waals surface area contributed by atoms with Crippen molar-refractivity contribution in [2.24, 2.45) is 0 Å². The first-order chi connectivity index (χ1) is 15.8. The number of carboxylic acids is 1. The van der Waals surface area contributed by atoms with Crippen LogP contribution in [0.2, 0.25) is 0 Å². The Morgan fingerprint density at radius 1 is 1.00 bits per heavy atom. The van der Waals surface area contributed by atoms with Gasteiger partial charge in [-0.3, -0.25) is 4.79 Å². The number of methoxy groups -OCH3 is 2. The summed E-state index contributed by atoms with van der Waals surface area (Å²) in [5.74, 6) is -0.586. The minimum absolute atomic E-state index is 0.0669. The third-order valence-electron chi connectivity index (χ3n) is 5.32. The highest BCUT2D eigenvalue weighted by Crippen LogP contribution is 2.26. The van der Waals surface area contributed by atoms with E-state index in [1.54, 1.807) is 43.3 Å². The van der Waals surface area contributed by atoms with Crippen LogP contribution in [0.4, 0.5) is 0 Å². The van der Waals surface area contributed by atoms with Gasteiger partial charge in [-0.15, -0.1) is 0 Å². The number of amides is 1. The van der Waals surface area contributed by atoms with Crippen LogP contribution in [0.5, 0.6) is 5.75 Å². The van der Waals surface area contributed by atoms with Gasteiger partial charge in [0.1, 0.15) is 5.75 Å². The molecule has 0 spiro atoms. The van der Waals surface area contributed by atoms with E-state index in [2.05, 4.69) is 6.07 Å². The molecule has 3 aromatic carbocycles. The summed E-state index contributed by atoms with van der Waals surface area (Å²) < 4.78 is 10.1. The number of aryl methyl sites for hydroxylation is 1. The lowest BCUT2D eigenvalue weighted by molar-refractivity contribution is -0.135. The average molecular weight is 446 g/mol. The SMILES string of the molecule is CO/C(=C\c1ccc(-c2cccc(CN(C)C(=O)c3ccc(OC)cc3)c2)c(C)c1)C(=O)O. The van der Waals surface area contributed by atoms with E-state index in [-0.39, 0.29) is 11.7 Å². The zero-order chi connectivity index (χ0) is 24.0. The predicted octanol–water partition coefficient (Wildman–Crippen LogP) is 5.01. The van der Waals surface area contributed by atoms with Crippen molar-refractivity contribution in [1.29, 1.82) is 0 Å². The Morgan fingerprint density at radius 3 is 2.33 bits per heavy atom. The molecule has 6 heteroatoms. The van der Waals surface area contributed by atoms with E-state index in [1.165, 1.54) is 13.2 Å². The van der Waals surface area contributed by atoms with Crippen molar-refractivity contribution in [2.75, 3.05) is 21.3 Å². The van der Waals surface area contributed by atoms with Crippen LogP contribution in [0.25, 0.3) is 17.2 Å². The molecule has 0 atom stereocenters. The van der Waals surface area contributed by atoms with Crippen LogP contribution in [-0.2, 0) is 16.1 Å². The molecule has 0 heterocycles. The summed E-state index contributed by atoms with van der Waals surface area (Å²) in [5, 5.41) is 9.15. The van der Waals surface area contributed by atoms with Crippen LogP contribution in [0.3, 0.4) is 0 Å². The lowest BCUT2D eigenvalue weighted by Gasteiger charge is -2.18. The number of ether oxygens (including phenoxy) is 2. The Hall–Kier alpha value is -4.06.